The average Bonchev–Trinajstić information content (AvgIpc) is 0.896. The van der Waals surface area contributed by atoms with Crippen LogP contribution in [0.4, 0.5) is 24.0 Å². The summed E-state index contributed by atoms with van der Waals surface area (Å²) in [5.41, 5.74) is 1.68. The summed E-state index contributed by atoms with van der Waals surface area (Å²) in [6, 6.07) is 7.92. The highest BCUT2D eigenvalue weighted by molar-refractivity contribution is 7.99. The molecule has 0 fully saturated rings. The lowest BCUT2D eigenvalue weighted by Crippen LogP contribution is -2.42. The number of benzene rings is 2. The maximum atomic E-state index is 11.8. The van der Waals surface area contributed by atoms with Crippen LogP contribution in [-0.4, -0.2) is 281 Å². The van der Waals surface area contributed by atoms with Crippen LogP contribution in [0.1, 0.15) is 75.3 Å². The highest BCUT2D eigenvalue weighted by Gasteiger charge is 2.25. The van der Waals surface area contributed by atoms with Crippen molar-refractivity contribution in [3.8, 4) is 11.5 Å². The van der Waals surface area contributed by atoms with Gasteiger partial charge >= 0.3 is 60.3 Å². The number of carbonyl (C=O) groups excluding carboxylic acids is 5. The molecular weight excluding hydrogens is 1630 g/mol. The number of nitrogens with one attached hydrogen (secondary N) is 5. The Bertz CT molecular complexity index is 3030. The molecule has 642 valence electrons. The molecular formula is C61H96N10O37S5. The summed E-state index contributed by atoms with van der Waals surface area (Å²) < 4.78 is 34.2. The van der Waals surface area contributed by atoms with Gasteiger partial charge in [-0.25, -0.2) is 47.9 Å². The molecule has 0 saturated carbocycles. The van der Waals surface area contributed by atoms with E-state index in [9.17, 15) is 98.5 Å². The number of ether oxygens (including phenoxy) is 7. The van der Waals surface area contributed by atoms with Crippen LogP contribution in [0.15, 0.2) is 48.5 Å². The summed E-state index contributed by atoms with van der Waals surface area (Å²) in [6.07, 6.45) is 10.6. The molecule has 5 unspecified atom stereocenters. The summed E-state index contributed by atoms with van der Waals surface area (Å²) in [7, 11) is 0. The predicted octanol–water partition coefficient (Wildman–Crippen LogP) is 5.83. The third-order valence-corrected chi connectivity index (χ3v) is 16.1. The second-order valence-electron chi connectivity index (χ2n) is 21.3. The van der Waals surface area contributed by atoms with Gasteiger partial charge in [-0.1, -0.05) is 30.7 Å². The maximum absolute atomic E-state index is 11.8. The zero-order chi connectivity index (χ0) is 85.6. The minimum atomic E-state index is -1.13. The number of aliphatic carboxylic acids is 5. The second kappa shape index (κ2) is 70.9. The van der Waals surface area contributed by atoms with Crippen LogP contribution in [0.25, 0.3) is 0 Å². The Labute approximate surface area is 667 Å². The molecule has 10 N–H and O–H groups in total. The fourth-order valence-corrected chi connectivity index (χ4v) is 9.83. The van der Waals surface area contributed by atoms with E-state index in [1.807, 2.05) is 31.3 Å². The molecule has 0 aliphatic heterocycles. The van der Waals surface area contributed by atoms with Gasteiger partial charge in [0.2, 0.25) is 0 Å². The van der Waals surface area contributed by atoms with Crippen molar-refractivity contribution in [1.82, 2.24) is 26.6 Å². The molecule has 2 aromatic carbocycles. The molecule has 5 amide bonds. The highest BCUT2D eigenvalue weighted by Crippen LogP contribution is 2.16. The fraction of sp³-hybridized carbons (Fsp3) is 0.639. The molecule has 0 bridgehead atoms. The fourth-order valence-electron chi connectivity index (χ4n) is 7.47. The van der Waals surface area contributed by atoms with Crippen molar-refractivity contribution in [2.24, 2.45) is 0 Å². The Balaban J connectivity index is -0.00000134. The molecule has 47 nitrogen and oxygen atoms in total. The van der Waals surface area contributed by atoms with E-state index < -0.39 is 116 Å². The van der Waals surface area contributed by atoms with Crippen LogP contribution < -0.4 is 36.1 Å². The number of unbranched alkanes of at least 4 members (excludes halogenated alkanes) is 3. The third-order valence-electron chi connectivity index (χ3n) is 12.9. The summed E-state index contributed by atoms with van der Waals surface area (Å²) in [6.45, 7) is -0.421. The quantitative estimate of drug-likeness (QED) is 0.0161. The van der Waals surface area contributed by atoms with Crippen molar-refractivity contribution in [2.75, 3.05) is 139 Å². The van der Waals surface area contributed by atoms with Crippen LogP contribution in [-0.2, 0) is 84.7 Å². The number of alkyl carbamates (subject to hydrolysis) is 3. The minimum absolute atomic E-state index is 0.0142. The van der Waals surface area contributed by atoms with Crippen LogP contribution in [0.5, 0.6) is 11.5 Å². The van der Waals surface area contributed by atoms with Crippen molar-refractivity contribution in [1.29, 1.82) is 0 Å². The van der Waals surface area contributed by atoms with Gasteiger partial charge in [-0.15, -0.1) is 50.6 Å². The number of aryl methyl sites for hydroxylation is 1. The van der Waals surface area contributed by atoms with Crippen LogP contribution in [0.3, 0.4) is 0 Å². The van der Waals surface area contributed by atoms with E-state index in [4.69, 9.17) is 58.7 Å². The van der Waals surface area contributed by atoms with Crippen molar-refractivity contribution >= 4 is 119 Å². The van der Waals surface area contributed by atoms with E-state index in [1.165, 1.54) is 70.9 Å². The molecule has 0 radical (unpaired) electrons. The van der Waals surface area contributed by atoms with Crippen LogP contribution >= 0.6 is 58.8 Å². The topological polar surface area (TPSA) is 658 Å². The number of carboxylic acids is 5. The van der Waals surface area contributed by atoms with Gasteiger partial charge < -0.3 is 109 Å². The second-order valence-corrected chi connectivity index (χ2v) is 26.3. The first-order valence-electron chi connectivity index (χ1n) is 33.3. The Morgan fingerprint density at radius 3 is 0.858 bits per heavy atom. The standard InChI is InChI=1S/C15H20N2O7S.C14H18N2O7S.C12H22N2O7S.2C10H18N2O8S/c1-25-10-8-13(14(18)19)16-15(20)24-12-6-4-11(5-7-12)3-2-9-23-17(21)22;1-24-9-7-12(13(17)18)15-14(19)23-11-4-2-10(3-5-11)6-8-22-16(20)21;1-22-9-6-10(11(15)16)13-12(17)20-7-4-2-3-5-8-21-14(18)19;2*1-21-7-2-8(9(13)14)11-10(15)19-5-3-18-4-6-20-12(16)17/h4-7,13H,2-3,8-10H2,1H3,(H,16,20)(H,18,19);2-5,12H,6-9H2,1H3,(H,15,19)(H,17,18);10H,2-9H2,1H3,(H,13,17)(H,15,16);2*8H,2-7H2,1H3,(H,11,15)(H,13,14). The molecule has 0 aliphatic rings. The normalized spacial score (nSPS) is 11.4. The van der Waals surface area contributed by atoms with Crippen molar-refractivity contribution < 1.29 is 156 Å². The number of hydrogen-bond donors (Lipinski definition) is 10. The predicted molar refractivity (Wildman–Crippen MR) is 404 cm³/mol. The zero-order valence-electron chi connectivity index (χ0n) is 62.1. The Morgan fingerprint density at radius 2 is 0.566 bits per heavy atom. The van der Waals surface area contributed by atoms with Crippen molar-refractivity contribution in [3.63, 3.8) is 0 Å². The van der Waals surface area contributed by atoms with E-state index in [2.05, 4.69) is 50.8 Å². The van der Waals surface area contributed by atoms with E-state index in [1.54, 1.807) is 36.4 Å². The molecule has 0 spiro atoms. The zero-order valence-corrected chi connectivity index (χ0v) is 66.2. The summed E-state index contributed by atoms with van der Waals surface area (Å²) in [5, 5.41) is 101. The van der Waals surface area contributed by atoms with Gasteiger partial charge in [0.05, 0.1) is 46.2 Å². The van der Waals surface area contributed by atoms with E-state index in [0.29, 0.717) is 93.0 Å². The van der Waals surface area contributed by atoms with Gasteiger partial charge in [-0.05, 0) is 166 Å². The van der Waals surface area contributed by atoms with Gasteiger partial charge in [0.25, 0.3) is 25.4 Å². The maximum Gasteiger partial charge on any atom is 0.413 e. The minimum Gasteiger partial charge on any atom is -0.480 e. The highest BCUT2D eigenvalue weighted by atomic mass is 32.2. The molecule has 2 rings (SSSR count). The molecule has 5 atom stereocenters. The summed E-state index contributed by atoms with van der Waals surface area (Å²) >= 11 is 7.41. The van der Waals surface area contributed by atoms with E-state index in [-0.39, 0.29) is 90.8 Å². The smallest absolute Gasteiger partial charge is 0.413 e. The Hall–Kier alpha value is -10.2. The molecule has 113 heavy (non-hydrogen) atoms. The third kappa shape index (κ3) is 68.4. The molecule has 52 heteroatoms. The first-order valence-corrected chi connectivity index (χ1v) is 40.3. The lowest BCUT2D eigenvalue weighted by molar-refractivity contribution is -0.758. The molecule has 0 heterocycles. The molecule has 0 saturated heterocycles. The van der Waals surface area contributed by atoms with Crippen molar-refractivity contribution in [3.05, 3.63) is 110 Å². The van der Waals surface area contributed by atoms with Crippen LogP contribution in [0, 0.1) is 50.6 Å². The lowest BCUT2D eigenvalue weighted by atomic mass is 10.1. The van der Waals surface area contributed by atoms with Gasteiger partial charge in [0.15, 0.2) is 0 Å². The average molecular weight is 1720 g/mol. The Kier molecular flexibility index (Phi) is 67.1. The molecule has 2 aromatic rings. The first-order chi connectivity index (χ1) is 53.7. The first kappa shape index (κ1) is 107. The number of thioether (sulfide) groups is 5. The van der Waals surface area contributed by atoms with Crippen LogP contribution in [0.2, 0.25) is 0 Å². The summed E-state index contributed by atoms with van der Waals surface area (Å²) in [4.78, 5) is 183. The Morgan fingerprint density at radius 1 is 0.319 bits per heavy atom. The van der Waals surface area contributed by atoms with Gasteiger partial charge in [-0.2, -0.15) is 58.8 Å². The molecule has 0 aliphatic carbocycles. The number of hydrogen-bond acceptors (Lipinski definition) is 37. The van der Waals surface area contributed by atoms with Gasteiger partial charge in [-0.3, -0.25) is 0 Å². The van der Waals surface area contributed by atoms with Crippen molar-refractivity contribution in [2.45, 2.75) is 107 Å². The number of carboxylic acid groups (broad SMARTS) is 5. The monoisotopic (exact) mass is 1720 g/mol. The van der Waals surface area contributed by atoms with Gasteiger partial charge in [0.1, 0.15) is 74.7 Å². The van der Waals surface area contributed by atoms with E-state index in [0.717, 1.165) is 24.0 Å². The van der Waals surface area contributed by atoms with Gasteiger partial charge in [0, 0.05) is 0 Å². The number of amides is 5. The lowest BCUT2D eigenvalue weighted by Gasteiger charge is -2.14. The SMILES string of the molecule is CSCCC(NC(=O)OCCCCCCO[N+](=O)[O-])C(=O)O.CSCCC(NC(=O)OCCOCCO[N+](=O)[O-])C(=O)O.CSCCC(NC(=O)OCCOCCO[N+](=O)[O-])C(=O)O.CSCCC(NC(=O)Oc1ccc(CCCO[N+](=O)[O-])cc1)C(=O)O.CSCCC(NC(=O)Oc1ccc(CCO[N+](=O)[O-])cc1)C(=O)O. The number of nitrogens with zero attached hydrogens (tertiary/aromatic N) is 5. The molecule has 0 aromatic heterocycles. The number of rotatable bonds is 58. The number of carbonyl (C=O) groups is 10. The summed E-state index contributed by atoms with van der Waals surface area (Å²) in [5.74, 6) is -2.06. The van der Waals surface area contributed by atoms with E-state index >= 15 is 0 Å². The largest absolute Gasteiger partial charge is 0.480 e.